The summed E-state index contributed by atoms with van der Waals surface area (Å²) in [6, 6.07) is 43.9. The molecule has 0 fully saturated rings. The molecule has 0 bridgehead atoms. The molecule has 0 amide bonds. The highest BCUT2D eigenvalue weighted by atomic mass is 32.1. The minimum atomic E-state index is 0.912. The number of anilines is 3. The van der Waals surface area contributed by atoms with E-state index >= 15 is 0 Å². The predicted octanol–water partition coefficient (Wildman–Crippen LogP) is 10.8. The zero-order chi connectivity index (χ0) is 25.9. The van der Waals surface area contributed by atoms with E-state index in [1.807, 2.05) is 23.5 Å². The summed E-state index contributed by atoms with van der Waals surface area (Å²) in [6.45, 7) is 0. The van der Waals surface area contributed by atoms with Gasteiger partial charge in [0.15, 0.2) is 0 Å². The van der Waals surface area contributed by atoms with Crippen molar-refractivity contribution in [1.82, 2.24) is 4.57 Å². The van der Waals surface area contributed by atoms with Gasteiger partial charge < -0.3 is 13.9 Å². The lowest BCUT2D eigenvalue weighted by Crippen LogP contribution is -2.17. The van der Waals surface area contributed by atoms with E-state index in [1.54, 1.807) is 0 Å². The summed E-state index contributed by atoms with van der Waals surface area (Å²) < 4.78 is 11.3. The van der Waals surface area contributed by atoms with Crippen LogP contribution >= 0.6 is 11.3 Å². The topological polar surface area (TPSA) is 21.3 Å². The second kappa shape index (κ2) is 7.32. The highest BCUT2D eigenvalue weighted by molar-refractivity contribution is 7.25. The minimum Gasteiger partial charge on any atom is -0.456 e. The van der Waals surface area contributed by atoms with Crippen molar-refractivity contribution in [2.24, 2.45) is 0 Å². The maximum Gasteiger partial charge on any atom is 0.135 e. The number of benzene rings is 6. The number of hydrogen-bond acceptors (Lipinski definition) is 3. The van der Waals surface area contributed by atoms with Gasteiger partial charge in [-0.25, -0.2) is 0 Å². The van der Waals surface area contributed by atoms with Crippen molar-refractivity contribution in [2.45, 2.75) is 0 Å². The Morgan fingerprint density at radius 1 is 0.475 bits per heavy atom. The van der Waals surface area contributed by atoms with Crippen molar-refractivity contribution in [3.63, 3.8) is 0 Å². The minimum absolute atomic E-state index is 0.912. The van der Waals surface area contributed by atoms with Crippen molar-refractivity contribution < 1.29 is 4.42 Å². The fourth-order valence-corrected chi connectivity index (χ4v) is 7.92. The van der Waals surface area contributed by atoms with Crippen LogP contribution in [0.15, 0.2) is 126 Å². The fourth-order valence-electron chi connectivity index (χ4n) is 6.80. The standard InChI is InChI=1S/C36H20N2OS/c1-5-14-32-22(8-1)26-18-21(16-17-33(26)39-32)37-28-11-3-4-12-29(28)38-31-20-35-27(23-9-2-6-15-34(23)40-35)19-25(31)24-10-7-13-30(37)36(24)38/h1-20H. The van der Waals surface area contributed by atoms with Crippen LogP contribution in [-0.4, -0.2) is 4.57 Å². The SMILES string of the molecule is c1ccc2c(c1)N(c1ccc3oc4ccccc4c3c1)c1cccc3c4cc5c(cc4n-2c13)sc1ccccc15. The van der Waals surface area contributed by atoms with Crippen LogP contribution in [0.3, 0.4) is 0 Å². The summed E-state index contributed by atoms with van der Waals surface area (Å²) in [7, 11) is 0. The van der Waals surface area contributed by atoms with E-state index in [2.05, 4.69) is 119 Å². The van der Waals surface area contributed by atoms with Gasteiger partial charge in [-0.1, -0.05) is 60.7 Å². The van der Waals surface area contributed by atoms with Crippen LogP contribution < -0.4 is 4.90 Å². The molecule has 186 valence electrons. The van der Waals surface area contributed by atoms with Gasteiger partial charge in [-0.05, 0) is 60.7 Å². The third-order valence-electron chi connectivity index (χ3n) is 8.49. The van der Waals surface area contributed by atoms with Gasteiger partial charge in [0, 0.05) is 47.4 Å². The van der Waals surface area contributed by atoms with E-state index in [4.69, 9.17) is 4.42 Å². The van der Waals surface area contributed by atoms with Gasteiger partial charge in [-0.3, -0.25) is 0 Å². The van der Waals surface area contributed by atoms with Crippen LogP contribution in [-0.2, 0) is 0 Å². The molecule has 1 aliphatic rings. The largest absolute Gasteiger partial charge is 0.456 e. The Balaban J connectivity index is 1.32. The van der Waals surface area contributed by atoms with E-state index in [1.165, 1.54) is 59.0 Å². The summed E-state index contributed by atoms with van der Waals surface area (Å²) in [4.78, 5) is 2.41. The van der Waals surface area contributed by atoms with Crippen LogP contribution in [0.5, 0.6) is 0 Å². The number of nitrogens with zero attached hydrogens (tertiary/aromatic N) is 2. The molecule has 0 saturated carbocycles. The summed E-state index contributed by atoms with van der Waals surface area (Å²) in [5.41, 5.74) is 9.01. The van der Waals surface area contributed by atoms with Crippen molar-refractivity contribution >= 4 is 92.3 Å². The third kappa shape index (κ3) is 2.54. The van der Waals surface area contributed by atoms with Gasteiger partial charge in [0.2, 0.25) is 0 Å². The molecule has 3 nitrogen and oxygen atoms in total. The Kier molecular flexibility index (Phi) is 3.81. The van der Waals surface area contributed by atoms with Crippen LogP contribution in [0.2, 0.25) is 0 Å². The van der Waals surface area contributed by atoms with E-state index in [-0.39, 0.29) is 0 Å². The van der Waals surface area contributed by atoms with Crippen LogP contribution in [0.25, 0.3) is 69.6 Å². The number of thiophene rings is 1. The molecule has 0 spiro atoms. The van der Waals surface area contributed by atoms with Gasteiger partial charge in [0.25, 0.3) is 0 Å². The monoisotopic (exact) mass is 528 g/mol. The van der Waals surface area contributed by atoms with E-state index in [9.17, 15) is 0 Å². The Hall–Kier alpha value is -5.06. The zero-order valence-electron chi connectivity index (χ0n) is 21.3. The van der Waals surface area contributed by atoms with E-state index in [0.717, 1.165) is 27.6 Å². The molecule has 1 aliphatic heterocycles. The number of hydrogen-bond donors (Lipinski definition) is 0. The third-order valence-corrected chi connectivity index (χ3v) is 9.62. The van der Waals surface area contributed by atoms with Gasteiger partial charge in [0.05, 0.1) is 28.1 Å². The molecule has 40 heavy (non-hydrogen) atoms. The van der Waals surface area contributed by atoms with Crippen LogP contribution in [0, 0.1) is 0 Å². The molecule has 0 atom stereocenters. The van der Waals surface area contributed by atoms with Gasteiger partial charge in [-0.2, -0.15) is 0 Å². The van der Waals surface area contributed by atoms with Crippen LogP contribution in [0.1, 0.15) is 0 Å². The fraction of sp³-hybridized carbons (Fsp3) is 0. The molecule has 9 aromatic rings. The van der Waals surface area contributed by atoms with Crippen molar-refractivity contribution in [3.05, 3.63) is 121 Å². The first-order valence-corrected chi connectivity index (χ1v) is 14.3. The number of rotatable bonds is 1. The van der Waals surface area contributed by atoms with Gasteiger partial charge >= 0.3 is 0 Å². The summed E-state index contributed by atoms with van der Waals surface area (Å²) >= 11 is 1.88. The van der Waals surface area contributed by atoms with Crippen molar-refractivity contribution in [2.75, 3.05) is 4.90 Å². The molecular weight excluding hydrogens is 508 g/mol. The first-order valence-electron chi connectivity index (χ1n) is 13.5. The molecule has 3 aromatic heterocycles. The Morgan fingerprint density at radius 3 is 2.17 bits per heavy atom. The Bertz CT molecular complexity index is 2510. The number of furan rings is 1. The molecule has 4 heteroatoms. The Labute approximate surface area is 232 Å². The molecule has 0 aliphatic carbocycles. The first-order chi connectivity index (χ1) is 19.8. The molecule has 0 radical (unpaired) electrons. The lowest BCUT2D eigenvalue weighted by atomic mass is 10.1. The van der Waals surface area contributed by atoms with Gasteiger partial charge in [0.1, 0.15) is 11.2 Å². The highest BCUT2D eigenvalue weighted by Crippen LogP contribution is 2.51. The predicted molar refractivity (Wildman–Crippen MR) is 169 cm³/mol. The lowest BCUT2D eigenvalue weighted by molar-refractivity contribution is 0.669. The molecule has 6 aromatic carbocycles. The van der Waals surface area contributed by atoms with Crippen molar-refractivity contribution in [3.8, 4) is 5.69 Å². The van der Waals surface area contributed by atoms with E-state index < -0.39 is 0 Å². The second-order valence-corrected chi connectivity index (χ2v) is 11.7. The molecular formula is C36H20N2OS. The normalized spacial score (nSPS) is 12.9. The molecule has 0 saturated heterocycles. The summed E-state index contributed by atoms with van der Waals surface area (Å²) in [6.07, 6.45) is 0. The van der Waals surface area contributed by atoms with E-state index in [0.29, 0.717) is 0 Å². The zero-order valence-corrected chi connectivity index (χ0v) is 22.1. The molecule has 0 N–H and O–H groups in total. The van der Waals surface area contributed by atoms with Crippen molar-refractivity contribution in [1.29, 1.82) is 0 Å². The molecule has 10 rings (SSSR count). The van der Waals surface area contributed by atoms with Crippen LogP contribution in [0.4, 0.5) is 17.1 Å². The maximum atomic E-state index is 6.16. The summed E-state index contributed by atoms with van der Waals surface area (Å²) in [5.74, 6) is 0. The molecule has 4 heterocycles. The summed E-state index contributed by atoms with van der Waals surface area (Å²) in [5, 5.41) is 7.51. The quantitative estimate of drug-likeness (QED) is 0.211. The molecule has 0 unspecified atom stereocenters. The average Bonchev–Trinajstić information content (AvgIpc) is 3.66. The Morgan fingerprint density at radius 2 is 1.23 bits per heavy atom. The second-order valence-electron chi connectivity index (χ2n) is 10.6. The average molecular weight is 529 g/mol. The smallest absolute Gasteiger partial charge is 0.135 e. The maximum absolute atomic E-state index is 6.16. The lowest BCUT2D eigenvalue weighted by Gasteiger charge is -2.33. The number of fused-ring (bicyclic) bond motifs is 11. The highest BCUT2D eigenvalue weighted by Gasteiger charge is 2.29. The number of aromatic nitrogens is 1. The number of para-hydroxylation sites is 4. The first kappa shape index (κ1) is 20.8. The van der Waals surface area contributed by atoms with Gasteiger partial charge in [-0.15, -0.1) is 11.3 Å².